The third kappa shape index (κ3) is 6.56. The molecule has 2 unspecified atom stereocenters. The van der Waals surface area contributed by atoms with Gasteiger partial charge in [-0.05, 0) is 54.2 Å². The number of likely N-dealkylation sites (tertiary alicyclic amines) is 1. The molecule has 2 aromatic rings. The van der Waals surface area contributed by atoms with Crippen molar-refractivity contribution in [3.63, 3.8) is 0 Å². The van der Waals surface area contributed by atoms with Gasteiger partial charge in [-0.25, -0.2) is 8.42 Å². The first kappa shape index (κ1) is 25.2. The zero-order valence-electron chi connectivity index (χ0n) is 19.1. The summed E-state index contributed by atoms with van der Waals surface area (Å²) >= 11 is 6.30. The molecule has 0 aromatic heterocycles. The molecule has 9 heteroatoms. The smallest absolute Gasteiger partial charge is 0.243 e. The number of carbonyl (C=O) groups is 2. The van der Waals surface area contributed by atoms with Crippen molar-refractivity contribution >= 4 is 39.1 Å². The number of nitrogens with zero attached hydrogens (tertiary/aromatic N) is 2. The summed E-state index contributed by atoms with van der Waals surface area (Å²) < 4.78 is 28.3. The van der Waals surface area contributed by atoms with Gasteiger partial charge in [-0.3, -0.25) is 9.59 Å². The number of piperidine rings is 1. The SMILES string of the molecule is CC(=O)Nc1ccc(S(=O)(=O)N(CC(=O)N2CC(C)CC(C)C2)Cc2ccccc2Cl)cc1. The van der Waals surface area contributed by atoms with Crippen LogP contribution in [-0.2, 0) is 26.2 Å². The predicted octanol–water partition coefficient (Wildman–Crippen LogP) is 3.99. The molecule has 0 saturated carbocycles. The van der Waals surface area contributed by atoms with Crippen molar-refractivity contribution in [2.45, 2.75) is 38.6 Å². The molecule has 0 aliphatic carbocycles. The van der Waals surface area contributed by atoms with Crippen LogP contribution >= 0.6 is 11.6 Å². The maximum absolute atomic E-state index is 13.6. The van der Waals surface area contributed by atoms with Gasteiger partial charge in [-0.2, -0.15) is 4.31 Å². The minimum absolute atomic E-state index is 0.0276. The van der Waals surface area contributed by atoms with Crippen LogP contribution in [0.25, 0.3) is 0 Å². The van der Waals surface area contributed by atoms with E-state index in [4.69, 9.17) is 11.6 Å². The number of halogens is 1. The molecule has 0 spiro atoms. The highest BCUT2D eigenvalue weighted by Gasteiger charge is 2.31. The number of rotatable bonds is 7. The Hall–Kier alpha value is -2.42. The van der Waals surface area contributed by atoms with E-state index in [1.807, 2.05) is 0 Å². The molecule has 0 bridgehead atoms. The number of sulfonamides is 1. The molecule has 1 aliphatic rings. The first-order valence-corrected chi connectivity index (χ1v) is 12.8. The van der Waals surface area contributed by atoms with Crippen molar-refractivity contribution < 1.29 is 18.0 Å². The first-order valence-electron chi connectivity index (χ1n) is 10.9. The summed E-state index contributed by atoms with van der Waals surface area (Å²) in [7, 11) is -4.01. The van der Waals surface area contributed by atoms with Crippen LogP contribution in [0.1, 0.15) is 32.8 Å². The van der Waals surface area contributed by atoms with Crippen molar-refractivity contribution in [1.82, 2.24) is 9.21 Å². The molecule has 2 atom stereocenters. The maximum Gasteiger partial charge on any atom is 0.243 e. The van der Waals surface area contributed by atoms with Gasteiger partial charge in [0.25, 0.3) is 0 Å². The van der Waals surface area contributed by atoms with Gasteiger partial charge in [-0.15, -0.1) is 0 Å². The second-order valence-electron chi connectivity index (χ2n) is 8.81. The van der Waals surface area contributed by atoms with E-state index in [9.17, 15) is 18.0 Å². The van der Waals surface area contributed by atoms with Crippen LogP contribution in [0.4, 0.5) is 5.69 Å². The van der Waals surface area contributed by atoms with E-state index in [2.05, 4.69) is 19.2 Å². The van der Waals surface area contributed by atoms with E-state index in [0.29, 0.717) is 41.2 Å². The topological polar surface area (TPSA) is 86.8 Å². The highest BCUT2D eigenvalue weighted by Crippen LogP contribution is 2.25. The zero-order chi connectivity index (χ0) is 24.2. The average Bonchev–Trinajstić information content (AvgIpc) is 2.74. The van der Waals surface area contributed by atoms with Gasteiger partial charge < -0.3 is 10.2 Å². The maximum atomic E-state index is 13.6. The second kappa shape index (κ2) is 10.7. The van der Waals surface area contributed by atoms with Crippen LogP contribution in [0.3, 0.4) is 0 Å². The van der Waals surface area contributed by atoms with Crippen LogP contribution in [0.15, 0.2) is 53.4 Å². The van der Waals surface area contributed by atoms with Crippen molar-refractivity contribution in [3.8, 4) is 0 Å². The third-order valence-corrected chi connectivity index (χ3v) is 7.82. The molecule has 7 nitrogen and oxygen atoms in total. The molecule has 2 amide bonds. The second-order valence-corrected chi connectivity index (χ2v) is 11.2. The quantitative estimate of drug-likeness (QED) is 0.634. The fraction of sp³-hybridized carbons (Fsp3) is 0.417. The van der Waals surface area contributed by atoms with Crippen LogP contribution < -0.4 is 5.32 Å². The van der Waals surface area contributed by atoms with E-state index in [0.717, 1.165) is 6.42 Å². The van der Waals surface area contributed by atoms with E-state index >= 15 is 0 Å². The van der Waals surface area contributed by atoms with Crippen LogP contribution in [0, 0.1) is 11.8 Å². The Kier molecular flexibility index (Phi) is 8.15. The fourth-order valence-corrected chi connectivity index (χ4v) is 5.79. The number of amides is 2. The molecule has 33 heavy (non-hydrogen) atoms. The third-order valence-electron chi connectivity index (χ3n) is 5.65. The summed E-state index contributed by atoms with van der Waals surface area (Å²) in [5, 5.41) is 3.05. The molecule has 2 aromatic carbocycles. The van der Waals surface area contributed by atoms with Gasteiger partial charge in [0.05, 0.1) is 11.4 Å². The predicted molar refractivity (Wildman–Crippen MR) is 129 cm³/mol. The summed E-state index contributed by atoms with van der Waals surface area (Å²) in [6.07, 6.45) is 1.05. The van der Waals surface area contributed by atoms with Crippen LogP contribution in [0.2, 0.25) is 5.02 Å². The molecule has 1 fully saturated rings. The van der Waals surface area contributed by atoms with Gasteiger partial charge in [-0.1, -0.05) is 43.6 Å². The van der Waals surface area contributed by atoms with Gasteiger partial charge in [0.1, 0.15) is 0 Å². The average molecular weight is 492 g/mol. The molecule has 1 heterocycles. The summed E-state index contributed by atoms with van der Waals surface area (Å²) in [5.41, 5.74) is 1.11. The molecule has 1 N–H and O–H groups in total. The first-order chi connectivity index (χ1) is 15.6. The number of carbonyl (C=O) groups excluding carboxylic acids is 2. The lowest BCUT2D eigenvalue weighted by molar-refractivity contribution is -0.134. The molecule has 0 radical (unpaired) electrons. The Balaban J connectivity index is 1.89. The lowest BCUT2D eigenvalue weighted by Gasteiger charge is -2.36. The van der Waals surface area contributed by atoms with E-state index in [1.54, 1.807) is 29.2 Å². The largest absolute Gasteiger partial charge is 0.341 e. The number of nitrogens with one attached hydrogen (secondary N) is 1. The molecule has 1 saturated heterocycles. The minimum Gasteiger partial charge on any atom is -0.341 e. The summed E-state index contributed by atoms with van der Waals surface area (Å²) in [4.78, 5) is 26.2. The lowest BCUT2D eigenvalue weighted by atomic mass is 9.92. The molecular weight excluding hydrogens is 462 g/mol. The Labute approximate surface area is 200 Å². The summed E-state index contributed by atoms with van der Waals surface area (Å²) in [6.45, 7) is 6.52. The van der Waals surface area contributed by atoms with Gasteiger partial charge in [0.2, 0.25) is 21.8 Å². The van der Waals surface area contributed by atoms with Crippen molar-refractivity contribution in [2.75, 3.05) is 25.0 Å². The van der Waals surface area contributed by atoms with Gasteiger partial charge >= 0.3 is 0 Å². The van der Waals surface area contributed by atoms with Crippen molar-refractivity contribution in [1.29, 1.82) is 0 Å². The standard InChI is InChI=1S/C24H30ClN3O4S/c1-17-12-18(2)14-27(13-17)24(30)16-28(15-20-6-4-5-7-23(20)25)33(31,32)22-10-8-21(9-11-22)26-19(3)29/h4-11,17-18H,12-16H2,1-3H3,(H,26,29). The Morgan fingerprint density at radius 3 is 2.24 bits per heavy atom. The highest BCUT2D eigenvalue weighted by molar-refractivity contribution is 7.89. The van der Waals surface area contributed by atoms with Gasteiger partial charge in [0, 0.05) is 37.3 Å². The Morgan fingerprint density at radius 2 is 1.67 bits per heavy atom. The molecule has 1 aliphatic heterocycles. The fourth-order valence-electron chi connectivity index (χ4n) is 4.22. The van der Waals surface area contributed by atoms with E-state index < -0.39 is 10.0 Å². The van der Waals surface area contributed by atoms with E-state index in [1.165, 1.54) is 35.5 Å². The van der Waals surface area contributed by atoms with E-state index in [-0.39, 0.29) is 29.8 Å². The lowest BCUT2D eigenvalue weighted by Crippen LogP contribution is -2.47. The number of hydrogen-bond donors (Lipinski definition) is 1. The van der Waals surface area contributed by atoms with Crippen LogP contribution in [0.5, 0.6) is 0 Å². The van der Waals surface area contributed by atoms with Crippen molar-refractivity contribution in [2.24, 2.45) is 11.8 Å². The number of benzene rings is 2. The zero-order valence-corrected chi connectivity index (χ0v) is 20.7. The Morgan fingerprint density at radius 1 is 1.06 bits per heavy atom. The molecule has 3 rings (SSSR count). The Bertz CT molecular complexity index is 1090. The number of hydrogen-bond acceptors (Lipinski definition) is 4. The molecular formula is C24H30ClN3O4S. The van der Waals surface area contributed by atoms with Crippen LogP contribution in [-0.4, -0.2) is 49.1 Å². The minimum atomic E-state index is -4.01. The number of anilines is 1. The summed E-state index contributed by atoms with van der Waals surface area (Å²) in [6, 6.07) is 12.9. The van der Waals surface area contributed by atoms with Crippen molar-refractivity contribution in [3.05, 3.63) is 59.1 Å². The molecule has 178 valence electrons. The normalized spacial score (nSPS) is 18.9. The highest BCUT2D eigenvalue weighted by atomic mass is 35.5. The van der Waals surface area contributed by atoms with Gasteiger partial charge in [0.15, 0.2) is 0 Å². The summed E-state index contributed by atoms with van der Waals surface area (Å²) in [5.74, 6) is 0.265. The monoisotopic (exact) mass is 491 g/mol.